The average molecular weight is 393 g/mol. The van der Waals surface area contributed by atoms with Crippen molar-refractivity contribution >= 4 is 23.6 Å². The molecule has 7 heteroatoms. The first kappa shape index (κ1) is 20.3. The fraction of sp³-hybridized carbons (Fsp3) is 0.273. The molecule has 0 radical (unpaired) electrons. The van der Waals surface area contributed by atoms with E-state index < -0.39 is 17.5 Å². The highest BCUT2D eigenvalue weighted by Gasteiger charge is 2.49. The van der Waals surface area contributed by atoms with Crippen molar-refractivity contribution in [1.82, 2.24) is 15.5 Å². The third kappa shape index (κ3) is 4.34. The zero-order chi connectivity index (χ0) is 21.0. The van der Waals surface area contributed by atoms with Crippen LogP contribution in [-0.4, -0.2) is 41.6 Å². The molecule has 1 aliphatic rings. The number of nitrogens with one attached hydrogen (secondary N) is 2. The summed E-state index contributed by atoms with van der Waals surface area (Å²) in [5.41, 5.74) is 0.868. The van der Waals surface area contributed by atoms with E-state index in [1.54, 1.807) is 55.5 Å². The van der Waals surface area contributed by atoms with E-state index in [0.717, 1.165) is 10.5 Å². The van der Waals surface area contributed by atoms with Gasteiger partial charge in [0, 0.05) is 19.0 Å². The second-order valence-electron chi connectivity index (χ2n) is 7.17. The monoisotopic (exact) mass is 393 g/mol. The number of nitrogens with zero attached hydrogens (tertiary/aromatic N) is 1. The number of hydrogen-bond donors (Lipinski definition) is 2. The summed E-state index contributed by atoms with van der Waals surface area (Å²) in [6, 6.07) is 15.3. The van der Waals surface area contributed by atoms with Crippen molar-refractivity contribution in [3.63, 3.8) is 0 Å². The number of amides is 4. The van der Waals surface area contributed by atoms with E-state index in [4.69, 9.17) is 0 Å². The van der Waals surface area contributed by atoms with Crippen LogP contribution < -0.4 is 10.6 Å². The largest absolute Gasteiger partial charge is 0.356 e. The molecular formula is C22H23N3O4. The first-order chi connectivity index (χ1) is 13.8. The van der Waals surface area contributed by atoms with E-state index in [9.17, 15) is 19.2 Å². The second-order valence-corrected chi connectivity index (χ2v) is 7.17. The summed E-state index contributed by atoms with van der Waals surface area (Å²) in [6.45, 7) is 3.29. The Balaban J connectivity index is 1.67. The molecule has 1 unspecified atom stereocenters. The molecule has 7 nitrogen and oxygen atoms in total. The number of imide groups is 1. The SMILES string of the molecule is CC(=O)NCCc1ccc(C(=O)CN2C(=O)NC(C)(c3ccccc3)C2=O)cc1. The molecule has 2 aromatic rings. The van der Waals surface area contributed by atoms with Crippen molar-refractivity contribution in [2.24, 2.45) is 0 Å². The molecule has 1 fully saturated rings. The van der Waals surface area contributed by atoms with Gasteiger partial charge in [0.05, 0.1) is 6.54 Å². The van der Waals surface area contributed by atoms with Crippen LogP contribution in [0.15, 0.2) is 54.6 Å². The fourth-order valence-electron chi connectivity index (χ4n) is 3.28. The minimum Gasteiger partial charge on any atom is -0.356 e. The highest BCUT2D eigenvalue weighted by Crippen LogP contribution is 2.28. The number of ketones is 1. The highest BCUT2D eigenvalue weighted by atomic mass is 16.2. The van der Waals surface area contributed by atoms with E-state index in [-0.39, 0.29) is 18.2 Å². The Morgan fingerprint density at radius 3 is 2.31 bits per heavy atom. The van der Waals surface area contributed by atoms with Crippen molar-refractivity contribution < 1.29 is 19.2 Å². The highest BCUT2D eigenvalue weighted by molar-refractivity contribution is 6.11. The summed E-state index contributed by atoms with van der Waals surface area (Å²) in [6.07, 6.45) is 0.649. The molecule has 0 aromatic heterocycles. The lowest BCUT2D eigenvalue weighted by Gasteiger charge is -2.22. The molecule has 2 N–H and O–H groups in total. The smallest absolute Gasteiger partial charge is 0.325 e. The summed E-state index contributed by atoms with van der Waals surface area (Å²) in [5.74, 6) is -0.860. The van der Waals surface area contributed by atoms with Gasteiger partial charge in [-0.3, -0.25) is 19.3 Å². The van der Waals surface area contributed by atoms with Gasteiger partial charge < -0.3 is 10.6 Å². The maximum Gasteiger partial charge on any atom is 0.325 e. The van der Waals surface area contributed by atoms with Gasteiger partial charge in [-0.15, -0.1) is 0 Å². The van der Waals surface area contributed by atoms with E-state index in [0.29, 0.717) is 24.1 Å². The first-order valence-electron chi connectivity index (χ1n) is 9.37. The lowest BCUT2D eigenvalue weighted by Crippen LogP contribution is -2.41. The number of Topliss-reactive ketones (excluding diaryl/α,β-unsaturated/α-hetero) is 1. The first-order valence-corrected chi connectivity index (χ1v) is 9.37. The molecule has 1 saturated heterocycles. The van der Waals surface area contributed by atoms with Gasteiger partial charge in [-0.05, 0) is 24.5 Å². The molecule has 0 bridgehead atoms. The molecule has 0 aliphatic carbocycles. The van der Waals surface area contributed by atoms with Crippen LogP contribution in [0.2, 0.25) is 0 Å². The van der Waals surface area contributed by atoms with Crippen LogP contribution in [0.4, 0.5) is 4.79 Å². The van der Waals surface area contributed by atoms with Crippen LogP contribution in [0, 0.1) is 0 Å². The van der Waals surface area contributed by atoms with Crippen molar-refractivity contribution in [3.8, 4) is 0 Å². The molecule has 29 heavy (non-hydrogen) atoms. The number of rotatable bonds is 7. The zero-order valence-corrected chi connectivity index (χ0v) is 16.4. The van der Waals surface area contributed by atoms with Gasteiger partial charge in [-0.1, -0.05) is 54.6 Å². The molecule has 1 aliphatic heterocycles. The molecule has 150 valence electrons. The van der Waals surface area contributed by atoms with Gasteiger partial charge in [0.15, 0.2) is 5.78 Å². The van der Waals surface area contributed by atoms with Crippen LogP contribution in [0.25, 0.3) is 0 Å². The maximum absolute atomic E-state index is 12.9. The molecule has 2 aromatic carbocycles. The number of carbonyl (C=O) groups excluding carboxylic acids is 4. The molecular weight excluding hydrogens is 370 g/mol. The van der Waals surface area contributed by atoms with E-state index in [1.807, 2.05) is 6.07 Å². The Hall–Kier alpha value is -3.48. The molecule has 1 atom stereocenters. The summed E-state index contributed by atoms with van der Waals surface area (Å²) in [4.78, 5) is 49.8. The Kier molecular flexibility index (Phi) is 5.77. The molecule has 0 saturated carbocycles. The number of hydrogen-bond acceptors (Lipinski definition) is 4. The van der Waals surface area contributed by atoms with Gasteiger partial charge in [0.2, 0.25) is 5.91 Å². The molecule has 4 amide bonds. The average Bonchev–Trinajstić information content (AvgIpc) is 2.93. The second kappa shape index (κ2) is 8.26. The topological polar surface area (TPSA) is 95.6 Å². The quantitative estimate of drug-likeness (QED) is 0.556. The maximum atomic E-state index is 12.9. The van der Waals surface area contributed by atoms with Crippen LogP contribution in [0.3, 0.4) is 0 Å². The number of carbonyl (C=O) groups is 4. The van der Waals surface area contributed by atoms with Crippen LogP contribution in [0.5, 0.6) is 0 Å². The van der Waals surface area contributed by atoms with Gasteiger partial charge in [-0.2, -0.15) is 0 Å². The molecule has 1 heterocycles. The van der Waals surface area contributed by atoms with Crippen molar-refractivity contribution in [2.75, 3.05) is 13.1 Å². The number of benzene rings is 2. The predicted molar refractivity (Wildman–Crippen MR) is 107 cm³/mol. The third-order valence-electron chi connectivity index (χ3n) is 4.99. The summed E-state index contributed by atoms with van der Waals surface area (Å²) in [7, 11) is 0. The Bertz CT molecular complexity index is 940. The Labute approximate surface area is 169 Å². The summed E-state index contributed by atoms with van der Waals surface area (Å²) in [5, 5.41) is 5.41. The van der Waals surface area contributed by atoms with Crippen molar-refractivity contribution in [3.05, 3.63) is 71.3 Å². The fourth-order valence-corrected chi connectivity index (χ4v) is 3.28. The third-order valence-corrected chi connectivity index (χ3v) is 4.99. The summed E-state index contributed by atoms with van der Waals surface area (Å²) >= 11 is 0. The van der Waals surface area contributed by atoms with E-state index in [2.05, 4.69) is 10.6 Å². The minimum absolute atomic E-state index is 0.0899. The Morgan fingerprint density at radius 1 is 1.03 bits per heavy atom. The predicted octanol–water partition coefficient (Wildman–Crippen LogP) is 2.02. The van der Waals surface area contributed by atoms with Crippen molar-refractivity contribution in [2.45, 2.75) is 25.8 Å². The normalized spacial score (nSPS) is 18.5. The van der Waals surface area contributed by atoms with Gasteiger partial charge in [-0.25, -0.2) is 4.79 Å². The Morgan fingerprint density at radius 2 is 1.69 bits per heavy atom. The lowest BCUT2D eigenvalue weighted by atomic mass is 9.92. The van der Waals surface area contributed by atoms with Gasteiger partial charge >= 0.3 is 6.03 Å². The molecule has 3 rings (SSSR count). The minimum atomic E-state index is -1.19. The van der Waals surface area contributed by atoms with Crippen LogP contribution >= 0.6 is 0 Å². The van der Waals surface area contributed by atoms with Gasteiger partial charge in [0.25, 0.3) is 5.91 Å². The van der Waals surface area contributed by atoms with E-state index >= 15 is 0 Å². The number of urea groups is 1. The van der Waals surface area contributed by atoms with Crippen LogP contribution in [0.1, 0.15) is 35.3 Å². The summed E-state index contributed by atoms with van der Waals surface area (Å²) < 4.78 is 0. The van der Waals surface area contributed by atoms with Gasteiger partial charge in [0.1, 0.15) is 5.54 Å². The van der Waals surface area contributed by atoms with Crippen LogP contribution in [-0.2, 0) is 21.5 Å². The van der Waals surface area contributed by atoms with E-state index in [1.165, 1.54) is 6.92 Å². The zero-order valence-electron chi connectivity index (χ0n) is 16.4. The van der Waals surface area contributed by atoms with Crippen molar-refractivity contribution in [1.29, 1.82) is 0 Å². The standard InChI is InChI=1S/C22H23N3O4/c1-15(26)23-13-12-16-8-10-17(11-9-16)19(27)14-25-20(28)22(2,24-21(25)29)18-6-4-3-5-7-18/h3-11H,12-14H2,1-2H3,(H,23,26)(H,24,29). The molecule has 0 spiro atoms. The lowest BCUT2D eigenvalue weighted by molar-refractivity contribution is -0.130.